The molecule has 0 saturated heterocycles. The number of carbonyl (C=O) groups is 2. The fourth-order valence-electron chi connectivity index (χ4n) is 4.39. The quantitative estimate of drug-likeness (QED) is 0.237. The minimum absolute atomic E-state index is 0.0641. The molecule has 0 radical (unpaired) electrons. The normalized spacial score (nSPS) is 11.8. The van der Waals surface area contributed by atoms with E-state index >= 15 is 0 Å². The average Bonchev–Trinajstić information content (AvgIpc) is 3.41. The molecule has 2 amide bonds. The van der Waals surface area contributed by atoms with Crippen LogP contribution in [0.25, 0.3) is 11.0 Å². The van der Waals surface area contributed by atoms with Gasteiger partial charge in [-0.15, -0.1) is 6.58 Å². The fraction of sp³-hybridized carbons (Fsp3) is 0.167. The third-order valence-electron chi connectivity index (χ3n) is 6.36. The molecule has 8 nitrogen and oxygen atoms in total. The second-order valence-electron chi connectivity index (χ2n) is 9.15. The van der Waals surface area contributed by atoms with E-state index in [1.165, 1.54) is 22.1 Å². The molecule has 40 heavy (non-hydrogen) atoms. The molecule has 204 valence electrons. The molecule has 0 N–H and O–H groups in total. The van der Waals surface area contributed by atoms with Crippen molar-refractivity contribution in [3.63, 3.8) is 0 Å². The van der Waals surface area contributed by atoms with Gasteiger partial charge in [-0.25, -0.2) is 0 Å². The van der Waals surface area contributed by atoms with Gasteiger partial charge in [0.25, 0.3) is 5.91 Å². The van der Waals surface area contributed by atoms with E-state index in [9.17, 15) is 14.4 Å². The molecule has 0 aliphatic carbocycles. The van der Waals surface area contributed by atoms with Crippen LogP contribution in [0.4, 0.5) is 0 Å². The molecule has 5 rings (SSSR count). The highest BCUT2D eigenvalue weighted by Gasteiger charge is 2.24. The molecular weight excluding hydrogens is 555 g/mol. The molecule has 0 saturated carbocycles. The van der Waals surface area contributed by atoms with E-state index in [2.05, 4.69) is 6.58 Å². The third kappa shape index (κ3) is 5.98. The molecule has 4 aromatic rings. The van der Waals surface area contributed by atoms with Crippen LogP contribution < -0.4 is 14.9 Å². The lowest BCUT2D eigenvalue weighted by atomic mass is 10.1. The van der Waals surface area contributed by atoms with E-state index in [0.717, 1.165) is 5.56 Å². The Bertz CT molecular complexity index is 1670. The highest BCUT2D eigenvalue weighted by molar-refractivity contribution is 6.31. The highest BCUT2D eigenvalue weighted by atomic mass is 35.5. The molecule has 0 spiro atoms. The summed E-state index contributed by atoms with van der Waals surface area (Å²) in [5.74, 6) is 0.409. The predicted molar refractivity (Wildman–Crippen MR) is 152 cm³/mol. The van der Waals surface area contributed by atoms with Gasteiger partial charge in [-0.05, 0) is 54.1 Å². The van der Waals surface area contributed by atoms with Crippen molar-refractivity contribution >= 4 is 46.0 Å². The van der Waals surface area contributed by atoms with Crippen LogP contribution in [0.15, 0.2) is 88.8 Å². The Morgan fingerprint density at radius 3 is 2.52 bits per heavy atom. The van der Waals surface area contributed by atoms with Crippen molar-refractivity contribution < 1.29 is 23.5 Å². The summed E-state index contributed by atoms with van der Waals surface area (Å²) in [6, 6.07) is 16.6. The van der Waals surface area contributed by atoms with Crippen LogP contribution in [0.3, 0.4) is 0 Å². The molecule has 1 aliphatic rings. The summed E-state index contributed by atoms with van der Waals surface area (Å²) in [6.45, 7) is 3.79. The summed E-state index contributed by atoms with van der Waals surface area (Å²) in [5, 5.41) is 1.11. The maximum Gasteiger partial charge on any atom is 0.254 e. The number of ether oxygens (including phenoxy) is 2. The van der Waals surface area contributed by atoms with Crippen LogP contribution in [0.5, 0.6) is 11.5 Å². The van der Waals surface area contributed by atoms with Crippen LogP contribution >= 0.6 is 23.2 Å². The van der Waals surface area contributed by atoms with Crippen LogP contribution in [0.2, 0.25) is 10.0 Å². The Morgan fingerprint density at radius 1 is 0.925 bits per heavy atom. The number of rotatable bonds is 9. The molecule has 0 unspecified atom stereocenters. The third-order valence-corrected chi connectivity index (χ3v) is 6.83. The summed E-state index contributed by atoms with van der Waals surface area (Å²) in [6.07, 6.45) is 2.89. The number of hydrogen-bond acceptors (Lipinski definition) is 6. The van der Waals surface area contributed by atoms with Gasteiger partial charge in [-0.3, -0.25) is 14.4 Å². The Balaban J connectivity index is 1.46. The number of amides is 2. The van der Waals surface area contributed by atoms with Crippen molar-refractivity contribution in [1.29, 1.82) is 0 Å². The first-order chi connectivity index (χ1) is 19.3. The number of benzene rings is 3. The van der Waals surface area contributed by atoms with Crippen molar-refractivity contribution in [2.75, 3.05) is 19.9 Å². The smallest absolute Gasteiger partial charge is 0.254 e. The van der Waals surface area contributed by atoms with Gasteiger partial charge in [0.2, 0.25) is 12.7 Å². The van der Waals surface area contributed by atoms with E-state index < -0.39 is 0 Å². The highest BCUT2D eigenvalue weighted by Crippen LogP contribution is 2.33. The lowest BCUT2D eigenvalue weighted by molar-refractivity contribution is -0.133. The number of nitrogens with zero attached hydrogens (tertiary/aromatic N) is 2. The van der Waals surface area contributed by atoms with Crippen LogP contribution in [0.1, 0.15) is 21.5 Å². The van der Waals surface area contributed by atoms with Crippen molar-refractivity contribution in [3.05, 3.63) is 117 Å². The lowest BCUT2D eigenvalue weighted by Crippen LogP contribution is -2.43. The van der Waals surface area contributed by atoms with Gasteiger partial charge >= 0.3 is 0 Å². The maximum absolute atomic E-state index is 13.8. The van der Waals surface area contributed by atoms with Gasteiger partial charge in [-0.2, -0.15) is 0 Å². The van der Waals surface area contributed by atoms with Gasteiger partial charge in [0.1, 0.15) is 12.1 Å². The Labute approximate surface area is 239 Å². The largest absolute Gasteiger partial charge is 0.464 e. The van der Waals surface area contributed by atoms with Crippen molar-refractivity contribution in [3.8, 4) is 11.5 Å². The standard InChI is InChI=1S/C30H24Cl2N2O6/c1-2-10-33(30(37)20-4-3-5-22(31)12-20)16-28(35)34(14-19-6-8-26-27(11-19)40-18-39-26)15-21-17-38-25-9-7-23(32)13-24(25)29(21)36/h2-9,11-13,17H,1,10,14-16,18H2. The summed E-state index contributed by atoms with van der Waals surface area (Å²) < 4.78 is 16.6. The van der Waals surface area contributed by atoms with Gasteiger partial charge in [0.05, 0.1) is 23.8 Å². The molecule has 0 fully saturated rings. The van der Waals surface area contributed by atoms with Crippen molar-refractivity contribution in [1.82, 2.24) is 9.80 Å². The summed E-state index contributed by atoms with van der Waals surface area (Å²) in [4.78, 5) is 43.2. The molecular formula is C30H24Cl2N2O6. The SMILES string of the molecule is C=CCN(CC(=O)N(Cc1ccc2c(c1)OCO2)Cc1coc2ccc(Cl)cc2c1=O)C(=O)c1cccc(Cl)c1. The molecule has 2 heterocycles. The van der Waals surface area contributed by atoms with E-state index in [-0.39, 0.29) is 55.8 Å². The molecule has 0 bridgehead atoms. The maximum atomic E-state index is 13.8. The van der Waals surface area contributed by atoms with Gasteiger partial charge in [0, 0.05) is 28.7 Å². The topological polar surface area (TPSA) is 89.3 Å². The second-order valence-corrected chi connectivity index (χ2v) is 10.0. The predicted octanol–water partition coefficient (Wildman–Crippen LogP) is 5.69. The van der Waals surface area contributed by atoms with Crippen LogP contribution in [-0.2, 0) is 17.9 Å². The molecule has 10 heteroatoms. The molecule has 3 aromatic carbocycles. The fourth-order valence-corrected chi connectivity index (χ4v) is 4.76. The first kappa shape index (κ1) is 27.3. The minimum Gasteiger partial charge on any atom is -0.464 e. The minimum atomic E-state index is -0.388. The number of fused-ring (bicyclic) bond motifs is 2. The summed E-state index contributed by atoms with van der Waals surface area (Å²) >= 11 is 12.2. The van der Waals surface area contributed by atoms with E-state index in [1.54, 1.807) is 54.6 Å². The zero-order chi connectivity index (χ0) is 28.2. The van der Waals surface area contributed by atoms with Crippen molar-refractivity contribution in [2.45, 2.75) is 13.1 Å². The average molecular weight is 579 g/mol. The van der Waals surface area contributed by atoms with E-state index in [4.69, 9.17) is 37.1 Å². The zero-order valence-electron chi connectivity index (χ0n) is 21.3. The van der Waals surface area contributed by atoms with Crippen LogP contribution in [0, 0.1) is 0 Å². The lowest BCUT2D eigenvalue weighted by Gasteiger charge is -2.27. The monoisotopic (exact) mass is 578 g/mol. The Kier molecular flexibility index (Phi) is 8.09. The number of hydrogen-bond donors (Lipinski definition) is 0. The van der Waals surface area contributed by atoms with E-state index in [0.29, 0.717) is 38.1 Å². The zero-order valence-corrected chi connectivity index (χ0v) is 22.8. The van der Waals surface area contributed by atoms with Gasteiger partial charge < -0.3 is 23.7 Å². The summed E-state index contributed by atoms with van der Waals surface area (Å²) in [5.41, 5.74) is 1.44. The first-order valence-electron chi connectivity index (χ1n) is 12.3. The Morgan fingerprint density at radius 2 is 1.73 bits per heavy atom. The molecule has 1 aromatic heterocycles. The summed E-state index contributed by atoms with van der Waals surface area (Å²) in [7, 11) is 0. The molecule has 1 aliphatic heterocycles. The first-order valence-corrected chi connectivity index (χ1v) is 13.1. The number of carbonyl (C=O) groups excluding carboxylic acids is 2. The second kappa shape index (κ2) is 11.9. The van der Waals surface area contributed by atoms with Crippen LogP contribution in [-0.4, -0.2) is 41.5 Å². The van der Waals surface area contributed by atoms with Gasteiger partial charge in [-0.1, -0.05) is 41.4 Å². The molecule has 0 atom stereocenters. The van der Waals surface area contributed by atoms with Gasteiger partial charge in [0.15, 0.2) is 16.9 Å². The number of halogens is 2. The van der Waals surface area contributed by atoms with E-state index in [1.807, 2.05) is 6.07 Å². The van der Waals surface area contributed by atoms with Crippen molar-refractivity contribution in [2.24, 2.45) is 0 Å². The Hall–Kier alpha value is -4.27.